The monoisotopic (exact) mass is 368 g/mol. The minimum absolute atomic E-state index is 0.0475. The zero-order chi connectivity index (χ0) is 20.0. The Kier molecular flexibility index (Phi) is 6.99. The lowest BCUT2D eigenvalue weighted by Crippen LogP contribution is -2.31. The van der Waals surface area contributed by atoms with Gasteiger partial charge in [0.25, 0.3) is 11.8 Å². The Bertz CT molecular complexity index is 782. The average molecular weight is 368 g/mol. The summed E-state index contributed by atoms with van der Waals surface area (Å²) >= 11 is 0. The maximum absolute atomic E-state index is 12.4. The van der Waals surface area contributed by atoms with Crippen LogP contribution in [0.2, 0.25) is 0 Å². The van der Waals surface area contributed by atoms with Crippen molar-refractivity contribution in [2.45, 2.75) is 52.7 Å². The van der Waals surface area contributed by atoms with E-state index in [1.165, 1.54) is 5.56 Å². The van der Waals surface area contributed by atoms with Crippen molar-refractivity contribution in [3.05, 3.63) is 59.7 Å². The lowest BCUT2D eigenvalue weighted by molar-refractivity contribution is -0.122. The Hall–Kier alpha value is -2.82. The first-order valence-electron chi connectivity index (χ1n) is 9.24. The molecule has 2 amide bonds. The fourth-order valence-electron chi connectivity index (χ4n) is 2.52. The zero-order valence-corrected chi connectivity index (χ0v) is 16.6. The van der Waals surface area contributed by atoms with Crippen LogP contribution in [0.25, 0.3) is 0 Å². The fourth-order valence-corrected chi connectivity index (χ4v) is 2.52. The van der Waals surface area contributed by atoms with Gasteiger partial charge in [-0.2, -0.15) is 0 Å². The van der Waals surface area contributed by atoms with Crippen LogP contribution in [0.5, 0.6) is 5.75 Å². The van der Waals surface area contributed by atoms with E-state index >= 15 is 0 Å². The summed E-state index contributed by atoms with van der Waals surface area (Å²) in [6, 6.07) is 14.6. The van der Waals surface area contributed by atoms with Gasteiger partial charge in [-0.05, 0) is 62.6 Å². The predicted octanol–water partition coefficient (Wildman–Crippen LogP) is 4.35. The molecule has 2 aromatic carbocycles. The number of ether oxygens (including phenoxy) is 1. The molecule has 0 aliphatic rings. The quantitative estimate of drug-likeness (QED) is 0.763. The van der Waals surface area contributed by atoms with Gasteiger partial charge in [-0.3, -0.25) is 9.59 Å². The summed E-state index contributed by atoms with van der Waals surface area (Å²) in [4.78, 5) is 24.5. The van der Waals surface area contributed by atoms with Gasteiger partial charge in [0.15, 0.2) is 6.10 Å². The molecule has 0 fully saturated rings. The van der Waals surface area contributed by atoms with Gasteiger partial charge in [-0.15, -0.1) is 0 Å². The summed E-state index contributed by atoms with van der Waals surface area (Å²) < 4.78 is 5.72. The van der Waals surface area contributed by atoms with Crippen LogP contribution in [-0.4, -0.2) is 24.0 Å². The molecule has 2 aromatic rings. The number of amides is 2. The van der Waals surface area contributed by atoms with E-state index in [0.717, 1.165) is 0 Å². The highest BCUT2D eigenvalue weighted by molar-refractivity contribution is 5.98. The van der Waals surface area contributed by atoms with E-state index in [1.54, 1.807) is 31.2 Å². The van der Waals surface area contributed by atoms with Crippen LogP contribution in [0.15, 0.2) is 48.5 Å². The SMILES string of the molecule is CC(C)NC(=O)c1cccc(NC(=O)C(C)Oc2ccc(C(C)C)cc2)c1. The van der Waals surface area contributed by atoms with Crippen molar-refractivity contribution >= 4 is 17.5 Å². The number of hydrogen-bond acceptors (Lipinski definition) is 3. The fraction of sp³-hybridized carbons (Fsp3) is 0.364. The molecule has 144 valence electrons. The molecule has 0 aliphatic heterocycles. The Morgan fingerprint density at radius 3 is 2.19 bits per heavy atom. The molecule has 0 aromatic heterocycles. The lowest BCUT2D eigenvalue weighted by Gasteiger charge is -2.16. The summed E-state index contributed by atoms with van der Waals surface area (Å²) in [5, 5.41) is 5.63. The molecule has 0 radical (unpaired) electrons. The molecule has 27 heavy (non-hydrogen) atoms. The minimum atomic E-state index is -0.664. The second-order valence-corrected chi connectivity index (χ2v) is 7.18. The average Bonchev–Trinajstić information content (AvgIpc) is 2.61. The van der Waals surface area contributed by atoms with E-state index in [-0.39, 0.29) is 17.9 Å². The van der Waals surface area contributed by atoms with Crippen molar-refractivity contribution in [3.63, 3.8) is 0 Å². The van der Waals surface area contributed by atoms with Crippen molar-refractivity contribution in [1.29, 1.82) is 0 Å². The van der Waals surface area contributed by atoms with Crippen LogP contribution in [0.4, 0.5) is 5.69 Å². The molecular weight excluding hydrogens is 340 g/mol. The van der Waals surface area contributed by atoms with Crippen molar-refractivity contribution in [1.82, 2.24) is 5.32 Å². The third-order valence-electron chi connectivity index (χ3n) is 4.04. The van der Waals surface area contributed by atoms with Gasteiger partial charge in [0, 0.05) is 17.3 Å². The minimum Gasteiger partial charge on any atom is -0.481 e. The smallest absolute Gasteiger partial charge is 0.265 e. The molecule has 0 heterocycles. The Balaban J connectivity index is 1.98. The molecule has 5 nitrogen and oxygen atoms in total. The maximum atomic E-state index is 12.4. The number of hydrogen-bond donors (Lipinski definition) is 2. The van der Waals surface area contributed by atoms with Gasteiger partial charge in [-0.1, -0.05) is 32.0 Å². The topological polar surface area (TPSA) is 67.4 Å². The maximum Gasteiger partial charge on any atom is 0.265 e. The molecule has 0 saturated heterocycles. The molecule has 5 heteroatoms. The van der Waals surface area contributed by atoms with Crippen LogP contribution in [-0.2, 0) is 4.79 Å². The van der Waals surface area contributed by atoms with Crippen LogP contribution < -0.4 is 15.4 Å². The van der Waals surface area contributed by atoms with Gasteiger partial charge in [0.05, 0.1) is 0 Å². The summed E-state index contributed by atoms with van der Waals surface area (Å²) in [7, 11) is 0. The second-order valence-electron chi connectivity index (χ2n) is 7.18. The third-order valence-corrected chi connectivity index (χ3v) is 4.04. The first-order valence-corrected chi connectivity index (χ1v) is 9.24. The predicted molar refractivity (Wildman–Crippen MR) is 108 cm³/mol. The molecule has 0 aliphatic carbocycles. The molecule has 0 saturated carbocycles. The van der Waals surface area contributed by atoms with Crippen molar-refractivity contribution in [2.24, 2.45) is 0 Å². The summed E-state index contributed by atoms with van der Waals surface area (Å²) in [5.41, 5.74) is 2.28. The number of carbonyl (C=O) groups excluding carboxylic acids is 2. The van der Waals surface area contributed by atoms with E-state index in [4.69, 9.17) is 4.74 Å². The lowest BCUT2D eigenvalue weighted by atomic mass is 10.0. The van der Waals surface area contributed by atoms with Crippen LogP contribution >= 0.6 is 0 Å². The Labute approximate surface area is 161 Å². The molecular formula is C22H28N2O3. The second kappa shape index (κ2) is 9.21. The van der Waals surface area contributed by atoms with Crippen molar-refractivity contribution in [2.75, 3.05) is 5.32 Å². The highest BCUT2D eigenvalue weighted by atomic mass is 16.5. The molecule has 0 bridgehead atoms. The number of carbonyl (C=O) groups is 2. The molecule has 2 N–H and O–H groups in total. The van der Waals surface area contributed by atoms with Crippen LogP contribution in [0.1, 0.15) is 56.5 Å². The first kappa shape index (κ1) is 20.5. The van der Waals surface area contributed by atoms with E-state index in [2.05, 4.69) is 24.5 Å². The summed E-state index contributed by atoms with van der Waals surface area (Å²) in [6.07, 6.45) is -0.664. The van der Waals surface area contributed by atoms with Crippen LogP contribution in [0.3, 0.4) is 0 Å². The Morgan fingerprint density at radius 2 is 1.59 bits per heavy atom. The molecule has 1 unspecified atom stereocenters. The number of nitrogens with one attached hydrogen (secondary N) is 2. The summed E-state index contributed by atoms with van der Waals surface area (Å²) in [6.45, 7) is 9.75. The Morgan fingerprint density at radius 1 is 0.926 bits per heavy atom. The van der Waals surface area contributed by atoms with E-state index < -0.39 is 6.10 Å². The van der Waals surface area contributed by atoms with E-state index in [1.807, 2.05) is 38.1 Å². The number of anilines is 1. The zero-order valence-electron chi connectivity index (χ0n) is 16.6. The normalized spacial score (nSPS) is 12.0. The number of benzene rings is 2. The van der Waals surface area contributed by atoms with Gasteiger partial charge < -0.3 is 15.4 Å². The van der Waals surface area contributed by atoms with Gasteiger partial charge >= 0.3 is 0 Å². The molecule has 1 atom stereocenters. The standard InChI is InChI=1S/C22H28N2O3/c1-14(2)17-9-11-20(12-10-17)27-16(5)21(25)24-19-8-6-7-18(13-19)22(26)23-15(3)4/h6-16H,1-5H3,(H,23,26)(H,24,25). The first-order chi connectivity index (χ1) is 12.8. The van der Waals surface area contributed by atoms with Crippen molar-refractivity contribution in [3.8, 4) is 5.75 Å². The highest BCUT2D eigenvalue weighted by Crippen LogP contribution is 2.20. The van der Waals surface area contributed by atoms with Gasteiger partial charge in [-0.25, -0.2) is 0 Å². The summed E-state index contributed by atoms with van der Waals surface area (Å²) in [5.74, 6) is 0.645. The van der Waals surface area contributed by atoms with Crippen molar-refractivity contribution < 1.29 is 14.3 Å². The van der Waals surface area contributed by atoms with Crippen LogP contribution in [0, 0.1) is 0 Å². The van der Waals surface area contributed by atoms with Gasteiger partial charge in [0.2, 0.25) is 0 Å². The van der Waals surface area contributed by atoms with Gasteiger partial charge in [0.1, 0.15) is 5.75 Å². The highest BCUT2D eigenvalue weighted by Gasteiger charge is 2.16. The molecule has 0 spiro atoms. The van der Waals surface area contributed by atoms with E-state index in [0.29, 0.717) is 22.9 Å². The largest absolute Gasteiger partial charge is 0.481 e. The molecule has 2 rings (SSSR count). The van der Waals surface area contributed by atoms with E-state index in [9.17, 15) is 9.59 Å². The number of rotatable bonds is 7. The third kappa shape index (κ3) is 6.13.